The van der Waals surface area contributed by atoms with Crippen LogP contribution in [0.3, 0.4) is 0 Å². The minimum Gasteiger partial charge on any atom is -0.411 e. The highest BCUT2D eigenvalue weighted by molar-refractivity contribution is 5.92. The molecule has 1 atom stereocenters. The molecule has 0 saturated heterocycles. The quantitative estimate of drug-likeness (QED) is 0.318. The van der Waals surface area contributed by atoms with E-state index in [2.05, 4.69) is 38.1 Å². The van der Waals surface area contributed by atoms with Crippen molar-refractivity contribution in [3.63, 3.8) is 0 Å². The largest absolute Gasteiger partial charge is 0.411 e. The Balaban J connectivity index is 2.86. The van der Waals surface area contributed by atoms with Crippen LogP contribution in [0.5, 0.6) is 0 Å². The molecule has 1 N–H and O–H groups in total. The summed E-state index contributed by atoms with van der Waals surface area (Å²) in [5.41, 5.74) is 2.39. The molecule has 1 aliphatic rings. The van der Waals surface area contributed by atoms with E-state index in [1.54, 1.807) is 6.92 Å². The van der Waals surface area contributed by atoms with Crippen LogP contribution in [0.1, 0.15) is 40.5 Å². The Morgan fingerprint density at radius 3 is 2.80 bits per heavy atom. The zero-order chi connectivity index (χ0) is 11.5. The molecule has 0 aromatic carbocycles. The minimum absolute atomic E-state index is 0.311. The second-order valence-electron chi connectivity index (χ2n) is 5.05. The highest BCUT2D eigenvalue weighted by Crippen LogP contribution is 2.41. The summed E-state index contributed by atoms with van der Waals surface area (Å²) in [5.74, 6) is 0.461. The molecule has 84 valence electrons. The van der Waals surface area contributed by atoms with E-state index in [1.165, 1.54) is 18.4 Å². The molecule has 1 aliphatic carbocycles. The predicted octanol–water partition coefficient (Wildman–Crippen LogP) is 3.78. The number of nitrogens with zero attached hydrogens (tertiary/aromatic N) is 1. The summed E-state index contributed by atoms with van der Waals surface area (Å²) in [5, 5.41) is 11.7. The molecule has 0 spiro atoms. The average molecular weight is 207 g/mol. The lowest BCUT2D eigenvalue weighted by Crippen LogP contribution is -2.26. The van der Waals surface area contributed by atoms with Crippen LogP contribution in [-0.2, 0) is 0 Å². The molecule has 0 bridgehead atoms. The van der Waals surface area contributed by atoms with E-state index in [-0.39, 0.29) is 0 Å². The Bertz CT molecular complexity index is 310. The first-order valence-electron chi connectivity index (χ1n) is 5.51. The van der Waals surface area contributed by atoms with Gasteiger partial charge >= 0.3 is 0 Å². The third-order valence-electron chi connectivity index (χ3n) is 3.28. The summed E-state index contributed by atoms with van der Waals surface area (Å²) in [6.07, 6.45) is 8.76. The molecule has 2 heteroatoms. The monoisotopic (exact) mass is 207 g/mol. The number of oxime groups is 1. The van der Waals surface area contributed by atoms with E-state index < -0.39 is 0 Å². The Morgan fingerprint density at radius 2 is 2.27 bits per heavy atom. The van der Waals surface area contributed by atoms with Crippen molar-refractivity contribution in [1.29, 1.82) is 0 Å². The highest BCUT2D eigenvalue weighted by atomic mass is 16.4. The van der Waals surface area contributed by atoms with Gasteiger partial charge in [-0.05, 0) is 38.2 Å². The van der Waals surface area contributed by atoms with Crippen molar-refractivity contribution in [2.75, 3.05) is 0 Å². The summed E-state index contributed by atoms with van der Waals surface area (Å²) in [6.45, 7) is 8.57. The topological polar surface area (TPSA) is 32.6 Å². The lowest BCUT2D eigenvalue weighted by Gasteiger charge is -2.36. The maximum absolute atomic E-state index is 8.58. The van der Waals surface area contributed by atoms with Crippen molar-refractivity contribution >= 4 is 5.71 Å². The van der Waals surface area contributed by atoms with Gasteiger partial charge in [-0.15, -0.1) is 0 Å². The standard InChI is InChI=1S/C13H21NO/c1-10-6-5-9-13(3,4)12(10)8-7-11(2)14-15/h6-8,12,15H,5,9H2,1-4H3/b8-7+,14-11-. The number of rotatable bonds is 2. The van der Waals surface area contributed by atoms with Gasteiger partial charge in [0.15, 0.2) is 0 Å². The zero-order valence-corrected chi connectivity index (χ0v) is 10.1. The van der Waals surface area contributed by atoms with Crippen LogP contribution in [0.25, 0.3) is 0 Å². The fourth-order valence-electron chi connectivity index (χ4n) is 2.25. The van der Waals surface area contributed by atoms with Gasteiger partial charge in [0, 0.05) is 5.92 Å². The van der Waals surface area contributed by atoms with Crippen molar-refractivity contribution in [3.05, 3.63) is 23.8 Å². The van der Waals surface area contributed by atoms with Crippen LogP contribution in [-0.4, -0.2) is 10.9 Å². The molecule has 1 rings (SSSR count). The molecule has 15 heavy (non-hydrogen) atoms. The van der Waals surface area contributed by atoms with E-state index >= 15 is 0 Å². The van der Waals surface area contributed by atoms with Crippen molar-refractivity contribution in [1.82, 2.24) is 0 Å². The van der Waals surface area contributed by atoms with Gasteiger partial charge < -0.3 is 5.21 Å². The van der Waals surface area contributed by atoms with Gasteiger partial charge in [0.05, 0.1) is 5.71 Å². The number of allylic oxidation sites excluding steroid dienone is 4. The molecular weight excluding hydrogens is 186 g/mol. The fraction of sp³-hybridized carbons (Fsp3) is 0.615. The third kappa shape index (κ3) is 2.95. The Hall–Kier alpha value is -1.05. The molecule has 0 radical (unpaired) electrons. The predicted molar refractivity (Wildman–Crippen MR) is 64.3 cm³/mol. The molecular formula is C13H21NO. The molecule has 1 unspecified atom stereocenters. The molecule has 0 fully saturated rings. The lowest BCUT2D eigenvalue weighted by molar-refractivity contribution is 0.255. The zero-order valence-electron chi connectivity index (χ0n) is 10.1. The van der Waals surface area contributed by atoms with Crippen molar-refractivity contribution in [2.24, 2.45) is 16.5 Å². The molecule has 0 aliphatic heterocycles. The molecule has 2 nitrogen and oxygen atoms in total. The van der Waals surface area contributed by atoms with E-state index in [9.17, 15) is 0 Å². The second-order valence-corrected chi connectivity index (χ2v) is 5.05. The summed E-state index contributed by atoms with van der Waals surface area (Å²) in [4.78, 5) is 0. The van der Waals surface area contributed by atoms with Gasteiger partial charge in [-0.1, -0.05) is 36.7 Å². The summed E-state index contributed by atoms with van der Waals surface area (Å²) >= 11 is 0. The van der Waals surface area contributed by atoms with Crippen LogP contribution >= 0.6 is 0 Å². The maximum Gasteiger partial charge on any atom is 0.0761 e. The van der Waals surface area contributed by atoms with E-state index in [1.807, 2.05) is 6.08 Å². The average Bonchev–Trinajstić information content (AvgIpc) is 2.15. The van der Waals surface area contributed by atoms with Gasteiger partial charge in [0.2, 0.25) is 0 Å². The van der Waals surface area contributed by atoms with Crippen LogP contribution < -0.4 is 0 Å². The Kier molecular flexibility index (Phi) is 3.72. The molecule has 0 saturated carbocycles. The van der Waals surface area contributed by atoms with E-state index in [4.69, 9.17) is 5.21 Å². The maximum atomic E-state index is 8.58. The van der Waals surface area contributed by atoms with Crippen molar-refractivity contribution in [3.8, 4) is 0 Å². The summed E-state index contributed by atoms with van der Waals surface area (Å²) in [7, 11) is 0. The first-order chi connectivity index (χ1) is 6.97. The van der Waals surface area contributed by atoms with E-state index in [0.29, 0.717) is 17.0 Å². The van der Waals surface area contributed by atoms with Gasteiger partial charge in [-0.3, -0.25) is 0 Å². The first kappa shape index (κ1) is 12.0. The SMILES string of the molecule is CC1=CCCC(C)(C)C1/C=C/C(C)=N\O. The molecule has 0 aromatic rings. The highest BCUT2D eigenvalue weighted by Gasteiger charge is 2.30. The lowest BCUT2D eigenvalue weighted by atomic mass is 9.68. The summed E-state index contributed by atoms with van der Waals surface area (Å²) in [6, 6.07) is 0. The van der Waals surface area contributed by atoms with Gasteiger partial charge in [0.25, 0.3) is 0 Å². The third-order valence-corrected chi connectivity index (χ3v) is 3.28. The van der Waals surface area contributed by atoms with Gasteiger partial charge in [0.1, 0.15) is 0 Å². The first-order valence-corrected chi connectivity index (χ1v) is 5.51. The fourth-order valence-corrected chi connectivity index (χ4v) is 2.25. The Morgan fingerprint density at radius 1 is 1.60 bits per heavy atom. The molecule has 0 amide bonds. The normalized spacial score (nSPS) is 26.8. The van der Waals surface area contributed by atoms with Crippen molar-refractivity contribution < 1.29 is 5.21 Å². The van der Waals surface area contributed by atoms with Gasteiger partial charge in [-0.25, -0.2) is 0 Å². The number of hydrogen-bond donors (Lipinski definition) is 1. The van der Waals surface area contributed by atoms with E-state index in [0.717, 1.165) is 0 Å². The smallest absolute Gasteiger partial charge is 0.0761 e. The number of hydrogen-bond acceptors (Lipinski definition) is 2. The second kappa shape index (κ2) is 4.65. The molecule has 0 heterocycles. The Labute approximate surface area is 92.4 Å². The van der Waals surface area contributed by atoms with Crippen LogP contribution in [0.4, 0.5) is 0 Å². The molecule has 0 aromatic heterocycles. The van der Waals surface area contributed by atoms with Crippen LogP contribution in [0.2, 0.25) is 0 Å². The summed E-state index contributed by atoms with van der Waals surface area (Å²) < 4.78 is 0. The van der Waals surface area contributed by atoms with Crippen LogP contribution in [0.15, 0.2) is 29.0 Å². The van der Waals surface area contributed by atoms with Crippen LogP contribution in [0, 0.1) is 11.3 Å². The van der Waals surface area contributed by atoms with Crippen molar-refractivity contribution in [2.45, 2.75) is 40.5 Å². The minimum atomic E-state index is 0.311. The van der Waals surface area contributed by atoms with Gasteiger partial charge in [-0.2, -0.15) is 0 Å².